The average Bonchev–Trinajstić information content (AvgIpc) is 3.27. The van der Waals surface area contributed by atoms with E-state index in [1.54, 1.807) is 24.5 Å². The molecular formula is C20H27FN4OS. The van der Waals surface area contributed by atoms with E-state index in [1.807, 2.05) is 33.0 Å². The number of nitrogens with zero attached hydrogens (tertiary/aromatic N) is 3. The first-order valence-corrected chi connectivity index (χ1v) is 10.1. The predicted molar refractivity (Wildman–Crippen MR) is 108 cm³/mol. The SMILES string of the molecule is CCN=C(NC1CC1c1ccccc1F)N(C)Cc1csc(C(C)OC)n1. The van der Waals surface area contributed by atoms with Crippen molar-refractivity contribution in [2.75, 3.05) is 20.7 Å². The smallest absolute Gasteiger partial charge is 0.194 e. The van der Waals surface area contributed by atoms with E-state index >= 15 is 0 Å². The Morgan fingerprint density at radius 3 is 2.96 bits per heavy atom. The van der Waals surface area contributed by atoms with Crippen molar-refractivity contribution in [1.82, 2.24) is 15.2 Å². The minimum atomic E-state index is -0.128. The van der Waals surface area contributed by atoms with E-state index in [1.165, 1.54) is 6.07 Å². The Morgan fingerprint density at radius 2 is 2.26 bits per heavy atom. The third-order valence-electron chi connectivity index (χ3n) is 4.75. The number of aliphatic imine (C=N–C) groups is 1. The summed E-state index contributed by atoms with van der Waals surface area (Å²) >= 11 is 1.61. The molecule has 1 aromatic carbocycles. The molecule has 3 unspecified atom stereocenters. The van der Waals surface area contributed by atoms with Crippen LogP contribution in [0.25, 0.3) is 0 Å². The van der Waals surface area contributed by atoms with Crippen LogP contribution in [0.1, 0.15) is 48.6 Å². The van der Waals surface area contributed by atoms with Gasteiger partial charge in [-0.05, 0) is 31.9 Å². The second kappa shape index (κ2) is 8.80. The molecule has 0 bridgehead atoms. The molecule has 0 amide bonds. The number of hydrogen-bond donors (Lipinski definition) is 1. The monoisotopic (exact) mass is 390 g/mol. The van der Waals surface area contributed by atoms with Gasteiger partial charge >= 0.3 is 0 Å². The maximum Gasteiger partial charge on any atom is 0.194 e. The molecule has 5 nitrogen and oxygen atoms in total. The van der Waals surface area contributed by atoms with Crippen LogP contribution in [-0.2, 0) is 11.3 Å². The molecule has 3 atom stereocenters. The Bertz CT molecular complexity index is 794. The Kier molecular flexibility index (Phi) is 6.44. The molecule has 0 radical (unpaired) electrons. The van der Waals surface area contributed by atoms with Gasteiger partial charge in [0.2, 0.25) is 0 Å². The number of thiazole rings is 1. The summed E-state index contributed by atoms with van der Waals surface area (Å²) in [6, 6.07) is 7.23. The Balaban J connectivity index is 1.62. The fourth-order valence-electron chi connectivity index (χ4n) is 3.07. The zero-order chi connectivity index (χ0) is 19.4. The average molecular weight is 391 g/mol. The molecule has 27 heavy (non-hydrogen) atoms. The first-order chi connectivity index (χ1) is 13.0. The largest absolute Gasteiger partial charge is 0.375 e. The van der Waals surface area contributed by atoms with Gasteiger partial charge in [0.25, 0.3) is 0 Å². The molecule has 1 N–H and O–H groups in total. The highest BCUT2D eigenvalue weighted by molar-refractivity contribution is 7.09. The fourth-order valence-corrected chi connectivity index (χ4v) is 3.91. The zero-order valence-electron chi connectivity index (χ0n) is 16.3. The van der Waals surface area contributed by atoms with Gasteiger partial charge in [0, 0.05) is 38.0 Å². The van der Waals surface area contributed by atoms with Gasteiger partial charge in [-0.25, -0.2) is 9.37 Å². The number of guanidine groups is 1. The summed E-state index contributed by atoms with van der Waals surface area (Å²) in [6.07, 6.45) is 0.924. The number of benzene rings is 1. The third-order valence-corrected chi connectivity index (χ3v) is 5.80. The van der Waals surface area contributed by atoms with E-state index in [9.17, 15) is 4.39 Å². The molecule has 146 valence electrons. The highest BCUT2D eigenvalue weighted by Gasteiger charge is 2.40. The molecule has 0 saturated heterocycles. The number of ether oxygens (including phenoxy) is 1. The van der Waals surface area contributed by atoms with E-state index in [0.29, 0.717) is 13.1 Å². The number of hydrogen-bond acceptors (Lipinski definition) is 4. The molecular weight excluding hydrogens is 363 g/mol. The maximum absolute atomic E-state index is 14.0. The van der Waals surface area contributed by atoms with Crippen molar-refractivity contribution in [2.24, 2.45) is 4.99 Å². The van der Waals surface area contributed by atoms with Gasteiger partial charge in [0.05, 0.1) is 12.2 Å². The van der Waals surface area contributed by atoms with Crippen LogP contribution in [0.4, 0.5) is 4.39 Å². The van der Waals surface area contributed by atoms with Crippen LogP contribution in [-0.4, -0.2) is 42.6 Å². The minimum absolute atomic E-state index is 0.00366. The Labute approximate surface area is 164 Å². The summed E-state index contributed by atoms with van der Waals surface area (Å²) in [4.78, 5) is 11.3. The topological polar surface area (TPSA) is 49.8 Å². The number of halogens is 1. The van der Waals surface area contributed by atoms with Gasteiger partial charge in [0.15, 0.2) is 5.96 Å². The highest BCUT2D eigenvalue weighted by Crippen LogP contribution is 2.41. The summed E-state index contributed by atoms with van der Waals surface area (Å²) < 4.78 is 19.3. The molecule has 0 aliphatic heterocycles. The van der Waals surface area contributed by atoms with Crippen LogP contribution in [0.5, 0.6) is 0 Å². The van der Waals surface area contributed by atoms with Crippen molar-refractivity contribution in [1.29, 1.82) is 0 Å². The van der Waals surface area contributed by atoms with E-state index < -0.39 is 0 Å². The highest BCUT2D eigenvalue weighted by atomic mass is 32.1. The van der Waals surface area contributed by atoms with Crippen LogP contribution in [0.3, 0.4) is 0 Å². The minimum Gasteiger partial charge on any atom is -0.375 e. The van der Waals surface area contributed by atoms with Gasteiger partial charge in [-0.1, -0.05) is 18.2 Å². The molecule has 7 heteroatoms. The second-order valence-corrected chi connectivity index (χ2v) is 7.71. The van der Waals surface area contributed by atoms with E-state index in [0.717, 1.165) is 28.6 Å². The van der Waals surface area contributed by atoms with Crippen molar-refractivity contribution in [3.63, 3.8) is 0 Å². The molecule has 3 rings (SSSR count). The molecule has 1 aliphatic rings. The molecule has 2 aromatic rings. The van der Waals surface area contributed by atoms with Gasteiger partial charge in [-0.3, -0.25) is 4.99 Å². The molecule has 1 aromatic heterocycles. The normalized spacial score (nSPS) is 20.4. The van der Waals surface area contributed by atoms with Crippen molar-refractivity contribution >= 4 is 17.3 Å². The predicted octanol–water partition coefficient (Wildman–Crippen LogP) is 3.94. The second-order valence-electron chi connectivity index (χ2n) is 6.82. The van der Waals surface area contributed by atoms with Crippen LogP contribution < -0.4 is 5.32 Å². The van der Waals surface area contributed by atoms with Crippen molar-refractivity contribution in [2.45, 2.75) is 44.9 Å². The lowest BCUT2D eigenvalue weighted by atomic mass is 10.1. The van der Waals surface area contributed by atoms with Crippen molar-refractivity contribution in [3.05, 3.63) is 51.7 Å². The first-order valence-electron chi connectivity index (χ1n) is 9.27. The first kappa shape index (κ1) is 19.8. The summed E-state index contributed by atoms with van der Waals surface area (Å²) in [6.45, 7) is 5.36. The van der Waals surface area contributed by atoms with Gasteiger partial charge in [-0.15, -0.1) is 11.3 Å². The molecule has 0 spiro atoms. The zero-order valence-corrected chi connectivity index (χ0v) is 17.1. The molecule has 1 saturated carbocycles. The lowest BCUT2D eigenvalue weighted by molar-refractivity contribution is 0.119. The third kappa shape index (κ3) is 4.84. The Morgan fingerprint density at radius 1 is 1.48 bits per heavy atom. The van der Waals surface area contributed by atoms with Crippen LogP contribution >= 0.6 is 11.3 Å². The standard InChI is InChI=1S/C20H27FN4OS/c1-5-22-20(24-18-10-16(18)15-8-6-7-9-17(15)21)25(3)11-14-12-27-19(23-14)13(2)26-4/h6-9,12-13,16,18H,5,10-11H2,1-4H3,(H,22,24). The number of nitrogens with one attached hydrogen (secondary N) is 1. The van der Waals surface area contributed by atoms with Gasteiger partial charge in [0.1, 0.15) is 16.9 Å². The maximum atomic E-state index is 14.0. The van der Waals surface area contributed by atoms with Crippen molar-refractivity contribution in [3.8, 4) is 0 Å². The van der Waals surface area contributed by atoms with E-state index in [4.69, 9.17) is 4.74 Å². The summed E-state index contributed by atoms with van der Waals surface area (Å²) in [5, 5.41) is 6.52. The van der Waals surface area contributed by atoms with Crippen LogP contribution in [0, 0.1) is 5.82 Å². The van der Waals surface area contributed by atoms with Crippen molar-refractivity contribution < 1.29 is 9.13 Å². The lowest BCUT2D eigenvalue weighted by Gasteiger charge is -2.22. The fraction of sp³-hybridized carbons (Fsp3) is 0.500. The van der Waals surface area contributed by atoms with Gasteiger partial charge in [-0.2, -0.15) is 0 Å². The molecule has 1 aliphatic carbocycles. The number of methoxy groups -OCH3 is 1. The van der Waals surface area contributed by atoms with E-state index in [2.05, 4.69) is 25.6 Å². The van der Waals surface area contributed by atoms with Crippen LogP contribution in [0.2, 0.25) is 0 Å². The molecule has 1 heterocycles. The van der Waals surface area contributed by atoms with Crippen LogP contribution in [0.15, 0.2) is 34.6 Å². The van der Waals surface area contributed by atoms with Gasteiger partial charge < -0.3 is 15.0 Å². The summed E-state index contributed by atoms with van der Waals surface area (Å²) in [5.74, 6) is 0.905. The quantitative estimate of drug-likeness (QED) is 0.575. The van der Waals surface area contributed by atoms with E-state index in [-0.39, 0.29) is 23.9 Å². The summed E-state index contributed by atoms with van der Waals surface area (Å²) in [7, 11) is 3.69. The number of aromatic nitrogens is 1. The Hall–Kier alpha value is -1.99. The molecule has 1 fully saturated rings. The number of rotatable bonds is 7. The summed E-state index contributed by atoms with van der Waals surface area (Å²) in [5.41, 5.74) is 1.78. The lowest BCUT2D eigenvalue weighted by Crippen LogP contribution is -2.40.